The maximum absolute atomic E-state index is 12.6. The fourth-order valence-corrected chi connectivity index (χ4v) is 3.63. The second kappa shape index (κ2) is 8.92. The molecule has 5 heteroatoms. The number of aromatic nitrogens is 1. The van der Waals surface area contributed by atoms with E-state index in [0.717, 1.165) is 31.4 Å². The molecule has 0 spiro atoms. The summed E-state index contributed by atoms with van der Waals surface area (Å²) in [5.41, 5.74) is 1.47. The predicted molar refractivity (Wildman–Crippen MR) is 102 cm³/mol. The van der Waals surface area contributed by atoms with E-state index in [2.05, 4.69) is 21.7 Å². The summed E-state index contributed by atoms with van der Waals surface area (Å²) in [6, 6.07) is 13.8. The van der Waals surface area contributed by atoms with Gasteiger partial charge in [-0.15, -0.1) is 0 Å². The van der Waals surface area contributed by atoms with Crippen molar-refractivity contribution in [2.75, 3.05) is 13.1 Å². The van der Waals surface area contributed by atoms with Gasteiger partial charge < -0.3 is 15.7 Å². The lowest BCUT2D eigenvalue weighted by Crippen LogP contribution is -2.61. The third-order valence-electron chi connectivity index (χ3n) is 5.10. The molecule has 1 aromatic heterocycles. The Morgan fingerprint density at radius 1 is 1.23 bits per heavy atom. The highest BCUT2D eigenvalue weighted by Gasteiger charge is 2.42. The fraction of sp³-hybridized carbons (Fsp3) is 0.429. The Kier molecular flexibility index (Phi) is 6.36. The van der Waals surface area contributed by atoms with E-state index in [1.165, 1.54) is 5.56 Å². The maximum Gasteiger partial charge on any atom is 0.220 e. The molecule has 26 heavy (non-hydrogen) atoms. The topological polar surface area (TPSA) is 74.2 Å². The van der Waals surface area contributed by atoms with Crippen LogP contribution in [-0.2, 0) is 16.8 Å². The molecule has 1 aliphatic heterocycles. The number of pyridine rings is 1. The quantitative estimate of drug-likeness (QED) is 0.667. The van der Waals surface area contributed by atoms with Crippen molar-refractivity contribution in [3.63, 3.8) is 0 Å². The smallest absolute Gasteiger partial charge is 0.220 e. The summed E-state index contributed by atoms with van der Waals surface area (Å²) in [7, 11) is 0. The third-order valence-corrected chi connectivity index (χ3v) is 5.10. The number of benzene rings is 1. The van der Waals surface area contributed by atoms with Crippen LogP contribution in [0.25, 0.3) is 0 Å². The Labute approximate surface area is 154 Å². The lowest BCUT2D eigenvalue weighted by Gasteiger charge is -2.43. The minimum absolute atomic E-state index is 0.000916. The van der Waals surface area contributed by atoms with Gasteiger partial charge in [-0.05, 0) is 49.4 Å². The van der Waals surface area contributed by atoms with Gasteiger partial charge in [0.25, 0.3) is 0 Å². The number of nitrogens with one attached hydrogen (secondary N) is 2. The van der Waals surface area contributed by atoms with Crippen LogP contribution in [0.15, 0.2) is 54.9 Å². The number of aryl methyl sites for hydroxylation is 1. The van der Waals surface area contributed by atoms with E-state index in [-0.39, 0.29) is 5.91 Å². The molecule has 5 nitrogen and oxygen atoms in total. The minimum atomic E-state index is -0.701. The molecule has 1 saturated heterocycles. The van der Waals surface area contributed by atoms with Gasteiger partial charge in [-0.1, -0.05) is 36.4 Å². The number of nitrogens with zero attached hydrogens (tertiary/aromatic N) is 1. The summed E-state index contributed by atoms with van der Waals surface area (Å²) >= 11 is 0. The second-order valence-corrected chi connectivity index (χ2v) is 6.92. The van der Waals surface area contributed by atoms with Crippen molar-refractivity contribution < 1.29 is 9.90 Å². The molecule has 1 aromatic carbocycles. The normalized spacial score (nSPS) is 22.7. The van der Waals surface area contributed by atoms with Crippen LogP contribution >= 0.6 is 0 Å². The van der Waals surface area contributed by atoms with E-state index in [0.29, 0.717) is 19.4 Å². The number of piperidine rings is 1. The summed E-state index contributed by atoms with van der Waals surface area (Å²) in [4.78, 5) is 16.7. The number of β-amino-alcohol motifs (C(OH)–C–C–N with tert-alkyl or cyclic N) is 1. The summed E-state index contributed by atoms with van der Waals surface area (Å²) in [5, 5.41) is 17.0. The molecule has 0 radical (unpaired) electrons. The minimum Gasteiger partial charge on any atom is -0.389 e. The monoisotopic (exact) mass is 353 g/mol. The van der Waals surface area contributed by atoms with Crippen LogP contribution in [0, 0.1) is 0 Å². The molecule has 1 aliphatic rings. The van der Waals surface area contributed by atoms with Crippen LogP contribution in [0.5, 0.6) is 0 Å². The fourth-order valence-electron chi connectivity index (χ4n) is 3.63. The zero-order valence-corrected chi connectivity index (χ0v) is 15.0. The van der Waals surface area contributed by atoms with Gasteiger partial charge >= 0.3 is 0 Å². The number of unbranched alkanes of at least 4 members (excludes halogenated alkanes) is 1. The zero-order chi connectivity index (χ0) is 18.2. The molecule has 0 unspecified atom stereocenters. The molecule has 3 N–H and O–H groups in total. The highest BCUT2D eigenvalue weighted by molar-refractivity contribution is 5.77. The molecule has 0 bridgehead atoms. The van der Waals surface area contributed by atoms with Gasteiger partial charge in [-0.3, -0.25) is 9.78 Å². The van der Waals surface area contributed by atoms with E-state index >= 15 is 0 Å². The Morgan fingerprint density at radius 2 is 2.08 bits per heavy atom. The molecule has 0 saturated carbocycles. The van der Waals surface area contributed by atoms with E-state index in [1.807, 2.05) is 42.6 Å². The molecule has 1 amide bonds. The number of carbonyl (C=O) groups excluding carboxylic acids is 1. The number of carbonyl (C=O) groups is 1. The van der Waals surface area contributed by atoms with Crippen LogP contribution < -0.4 is 10.6 Å². The van der Waals surface area contributed by atoms with Crippen LogP contribution in [0.1, 0.15) is 36.8 Å². The van der Waals surface area contributed by atoms with Crippen molar-refractivity contribution in [3.8, 4) is 0 Å². The van der Waals surface area contributed by atoms with Crippen LogP contribution in [0.3, 0.4) is 0 Å². The summed E-state index contributed by atoms with van der Waals surface area (Å²) < 4.78 is 0. The highest BCUT2D eigenvalue weighted by Crippen LogP contribution is 2.31. The van der Waals surface area contributed by atoms with Crippen LogP contribution in [-0.4, -0.2) is 35.2 Å². The summed E-state index contributed by atoms with van der Waals surface area (Å²) in [5.74, 6) is 0.000916. The number of hydrogen-bond acceptors (Lipinski definition) is 4. The lowest BCUT2D eigenvalue weighted by atomic mass is 9.79. The molecule has 2 atom stereocenters. The average Bonchev–Trinajstić information content (AvgIpc) is 2.69. The van der Waals surface area contributed by atoms with Gasteiger partial charge in [0.05, 0.1) is 11.6 Å². The predicted octanol–water partition coefficient (Wildman–Crippen LogP) is 2.16. The first kappa shape index (κ1) is 18.5. The van der Waals surface area contributed by atoms with Gasteiger partial charge in [-0.2, -0.15) is 0 Å². The lowest BCUT2D eigenvalue weighted by molar-refractivity contribution is -0.125. The van der Waals surface area contributed by atoms with Gasteiger partial charge in [0.15, 0.2) is 0 Å². The van der Waals surface area contributed by atoms with E-state index in [1.54, 1.807) is 6.20 Å². The standard InChI is InChI=1S/C21H27N3O2/c25-19-16-23-14-12-21(19,18-9-2-1-3-10-18)24-20(26)11-5-4-7-17-8-6-13-22-15-17/h1-3,6,8-10,13,15,19,23,25H,4-5,7,11-12,14,16H2,(H,24,26)/t19-,21+/m1/s1. The third kappa shape index (κ3) is 4.48. The van der Waals surface area contributed by atoms with Crippen LogP contribution in [0.4, 0.5) is 0 Å². The van der Waals surface area contributed by atoms with Gasteiger partial charge in [0.1, 0.15) is 0 Å². The number of aliphatic hydroxyl groups excluding tert-OH is 1. The summed E-state index contributed by atoms with van der Waals surface area (Å²) in [6.45, 7) is 1.25. The molecule has 2 heterocycles. The van der Waals surface area contributed by atoms with Crippen molar-refractivity contribution in [2.24, 2.45) is 0 Å². The van der Waals surface area contributed by atoms with Crippen molar-refractivity contribution in [1.29, 1.82) is 0 Å². The van der Waals surface area contributed by atoms with E-state index in [4.69, 9.17) is 0 Å². The van der Waals surface area contributed by atoms with Crippen molar-refractivity contribution >= 4 is 5.91 Å². The average molecular weight is 353 g/mol. The Morgan fingerprint density at radius 3 is 2.81 bits per heavy atom. The zero-order valence-electron chi connectivity index (χ0n) is 15.0. The van der Waals surface area contributed by atoms with Crippen molar-refractivity contribution in [1.82, 2.24) is 15.6 Å². The van der Waals surface area contributed by atoms with Gasteiger partial charge in [0, 0.05) is 25.4 Å². The maximum atomic E-state index is 12.6. The largest absolute Gasteiger partial charge is 0.389 e. The number of amides is 1. The van der Waals surface area contributed by atoms with Crippen molar-refractivity contribution in [3.05, 3.63) is 66.0 Å². The summed E-state index contributed by atoms with van der Waals surface area (Å²) in [6.07, 6.45) is 6.84. The molecular weight excluding hydrogens is 326 g/mol. The Bertz CT molecular complexity index is 693. The molecule has 1 fully saturated rings. The van der Waals surface area contributed by atoms with E-state index < -0.39 is 11.6 Å². The molecule has 3 rings (SSSR count). The molecular formula is C21H27N3O2. The highest BCUT2D eigenvalue weighted by atomic mass is 16.3. The molecule has 0 aliphatic carbocycles. The van der Waals surface area contributed by atoms with E-state index in [9.17, 15) is 9.90 Å². The van der Waals surface area contributed by atoms with Gasteiger partial charge in [0.2, 0.25) is 5.91 Å². The number of aliphatic hydroxyl groups is 1. The Hall–Kier alpha value is -2.24. The first-order valence-corrected chi connectivity index (χ1v) is 9.35. The molecule has 2 aromatic rings. The number of hydrogen-bond donors (Lipinski definition) is 3. The Balaban J connectivity index is 1.57. The SMILES string of the molecule is O=C(CCCCc1cccnc1)N[C@]1(c2ccccc2)CCNC[C@H]1O. The number of rotatable bonds is 7. The van der Waals surface area contributed by atoms with Crippen LogP contribution in [0.2, 0.25) is 0 Å². The van der Waals surface area contributed by atoms with Gasteiger partial charge in [-0.25, -0.2) is 0 Å². The first-order valence-electron chi connectivity index (χ1n) is 9.35. The second-order valence-electron chi connectivity index (χ2n) is 6.92. The first-order chi connectivity index (χ1) is 12.7. The van der Waals surface area contributed by atoms with Crippen molar-refractivity contribution in [2.45, 2.75) is 43.7 Å². The molecule has 138 valence electrons.